The molecule has 0 radical (unpaired) electrons. The van der Waals surface area contributed by atoms with Gasteiger partial charge in [0.2, 0.25) is 11.8 Å². The van der Waals surface area contributed by atoms with Gasteiger partial charge in [-0.3, -0.25) is 19.3 Å². The lowest BCUT2D eigenvalue weighted by Crippen LogP contribution is -2.31. The molecule has 38 heavy (non-hydrogen) atoms. The zero-order chi connectivity index (χ0) is 26.2. The van der Waals surface area contributed by atoms with Gasteiger partial charge in [0, 0.05) is 16.6 Å². The molecule has 0 bridgehead atoms. The van der Waals surface area contributed by atoms with Gasteiger partial charge in [0.25, 0.3) is 5.91 Å². The first-order valence-electron chi connectivity index (χ1n) is 12.7. The zero-order valence-electron chi connectivity index (χ0n) is 20.9. The van der Waals surface area contributed by atoms with E-state index in [9.17, 15) is 14.4 Å². The van der Waals surface area contributed by atoms with Crippen LogP contribution in [0.15, 0.2) is 103 Å². The predicted molar refractivity (Wildman–Crippen MR) is 147 cm³/mol. The second-order valence-electron chi connectivity index (χ2n) is 9.82. The van der Waals surface area contributed by atoms with Crippen molar-refractivity contribution in [3.05, 3.63) is 108 Å². The third-order valence-corrected chi connectivity index (χ3v) is 7.28. The maximum atomic E-state index is 13.1. The van der Waals surface area contributed by atoms with Crippen LogP contribution in [0.1, 0.15) is 30.1 Å². The standard InChI is InChI=1S/C32H26N2O4/c1-20-12-17-27-28(18-20)32(37)34(31(27)36)24-9-4-8-22(19-24)30(35)33-23-13-15-25(16-14-23)38-29-11-5-7-21-6-2-3-10-26(21)29/h2-16,19,27-28H,17-18H2,1H3,(H,33,35)/t27-,28+/m0/s1. The van der Waals surface area contributed by atoms with Crippen LogP contribution >= 0.6 is 0 Å². The van der Waals surface area contributed by atoms with Crippen molar-refractivity contribution in [2.24, 2.45) is 11.8 Å². The molecule has 1 N–H and O–H groups in total. The summed E-state index contributed by atoms with van der Waals surface area (Å²) in [6.45, 7) is 1.99. The summed E-state index contributed by atoms with van der Waals surface area (Å²) in [6, 6.07) is 27.7. The summed E-state index contributed by atoms with van der Waals surface area (Å²) in [5.41, 5.74) is 2.53. The van der Waals surface area contributed by atoms with E-state index in [1.807, 2.05) is 55.5 Å². The highest BCUT2D eigenvalue weighted by atomic mass is 16.5. The van der Waals surface area contributed by atoms with Gasteiger partial charge < -0.3 is 10.1 Å². The van der Waals surface area contributed by atoms with Gasteiger partial charge in [0.05, 0.1) is 17.5 Å². The first-order valence-corrected chi connectivity index (χ1v) is 12.7. The first-order chi connectivity index (χ1) is 18.5. The number of rotatable bonds is 5. The smallest absolute Gasteiger partial charge is 0.255 e. The molecule has 3 amide bonds. The van der Waals surface area contributed by atoms with Crippen molar-refractivity contribution in [3.8, 4) is 11.5 Å². The largest absolute Gasteiger partial charge is 0.457 e. The van der Waals surface area contributed by atoms with Crippen molar-refractivity contribution >= 4 is 39.9 Å². The minimum atomic E-state index is -0.330. The van der Waals surface area contributed by atoms with E-state index < -0.39 is 0 Å². The summed E-state index contributed by atoms with van der Waals surface area (Å²) in [5, 5.41) is 5.00. The quantitative estimate of drug-likeness (QED) is 0.243. The molecular weight excluding hydrogens is 476 g/mol. The molecule has 0 spiro atoms. The predicted octanol–water partition coefficient (Wildman–Crippen LogP) is 6.73. The number of anilines is 2. The molecule has 0 aromatic heterocycles. The van der Waals surface area contributed by atoms with Crippen molar-refractivity contribution in [3.63, 3.8) is 0 Å². The maximum absolute atomic E-state index is 13.1. The molecule has 2 atom stereocenters. The Hall–Kier alpha value is -4.71. The van der Waals surface area contributed by atoms with Gasteiger partial charge >= 0.3 is 0 Å². The SMILES string of the molecule is CC1=CC[C@@H]2C(=O)N(c3cccc(C(=O)Nc4ccc(Oc5cccc6ccccc56)cc4)c3)C(=O)[C@@H]2C1. The van der Waals surface area contributed by atoms with Crippen LogP contribution in [0.2, 0.25) is 0 Å². The van der Waals surface area contributed by atoms with E-state index in [0.29, 0.717) is 35.5 Å². The van der Waals surface area contributed by atoms with Crippen molar-refractivity contribution in [1.82, 2.24) is 0 Å². The molecule has 6 heteroatoms. The van der Waals surface area contributed by atoms with Crippen LogP contribution < -0.4 is 15.0 Å². The molecule has 1 fully saturated rings. The van der Waals surface area contributed by atoms with Crippen molar-refractivity contribution < 1.29 is 19.1 Å². The normalized spacial score (nSPS) is 18.8. The number of hydrogen-bond donors (Lipinski definition) is 1. The molecule has 4 aromatic carbocycles. The molecule has 6 rings (SSSR count). The lowest BCUT2D eigenvalue weighted by atomic mass is 9.82. The Labute approximate surface area is 220 Å². The molecule has 188 valence electrons. The number of benzene rings is 4. The van der Waals surface area contributed by atoms with Gasteiger partial charge in [-0.1, -0.05) is 54.1 Å². The number of ether oxygens (including phenoxy) is 1. The number of allylic oxidation sites excluding steroid dienone is 2. The fourth-order valence-corrected chi connectivity index (χ4v) is 5.30. The van der Waals surface area contributed by atoms with Gasteiger partial charge in [0.1, 0.15) is 11.5 Å². The van der Waals surface area contributed by atoms with Crippen LogP contribution in [0, 0.1) is 11.8 Å². The number of nitrogens with zero attached hydrogens (tertiary/aromatic N) is 1. The Morgan fingerprint density at radius 3 is 2.45 bits per heavy atom. The Morgan fingerprint density at radius 1 is 0.868 bits per heavy atom. The number of amides is 3. The molecular formula is C32H26N2O4. The minimum Gasteiger partial charge on any atom is -0.457 e. The summed E-state index contributed by atoms with van der Waals surface area (Å²) in [6.07, 6.45) is 3.22. The van der Waals surface area contributed by atoms with E-state index in [2.05, 4.69) is 5.32 Å². The van der Waals surface area contributed by atoms with Crippen molar-refractivity contribution in [2.75, 3.05) is 10.2 Å². The highest BCUT2D eigenvalue weighted by Gasteiger charge is 2.48. The van der Waals surface area contributed by atoms with Crippen LogP contribution in [0.5, 0.6) is 11.5 Å². The number of carbonyl (C=O) groups is 3. The highest BCUT2D eigenvalue weighted by molar-refractivity contribution is 6.22. The van der Waals surface area contributed by atoms with Crippen LogP contribution in [-0.2, 0) is 9.59 Å². The van der Waals surface area contributed by atoms with E-state index in [1.165, 1.54) is 4.90 Å². The Morgan fingerprint density at radius 2 is 1.61 bits per heavy atom. The molecule has 1 aliphatic heterocycles. The number of fused-ring (bicyclic) bond motifs is 2. The summed E-state index contributed by atoms with van der Waals surface area (Å²) >= 11 is 0. The fourth-order valence-electron chi connectivity index (χ4n) is 5.30. The van der Waals surface area contributed by atoms with E-state index in [-0.39, 0.29) is 29.6 Å². The molecule has 0 unspecified atom stereocenters. The van der Waals surface area contributed by atoms with Crippen LogP contribution in [-0.4, -0.2) is 17.7 Å². The molecule has 4 aromatic rings. The first kappa shape index (κ1) is 23.7. The summed E-state index contributed by atoms with van der Waals surface area (Å²) in [7, 11) is 0. The third-order valence-electron chi connectivity index (χ3n) is 7.28. The lowest BCUT2D eigenvalue weighted by molar-refractivity contribution is -0.122. The Balaban J connectivity index is 1.16. The molecule has 1 saturated heterocycles. The van der Waals surface area contributed by atoms with Gasteiger partial charge in [-0.25, -0.2) is 0 Å². The summed E-state index contributed by atoms with van der Waals surface area (Å²) in [5.74, 6) is 0.0588. The van der Waals surface area contributed by atoms with E-state index >= 15 is 0 Å². The van der Waals surface area contributed by atoms with Crippen LogP contribution in [0.3, 0.4) is 0 Å². The summed E-state index contributed by atoms with van der Waals surface area (Å²) < 4.78 is 6.09. The number of carbonyl (C=O) groups excluding carboxylic acids is 3. The summed E-state index contributed by atoms with van der Waals surface area (Å²) in [4.78, 5) is 40.4. The monoisotopic (exact) mass is 502 g/mol. The molecule has 1 aliphatic carbocycles. The van der Waals surface area contributed by atoms with Crippen LogP contribution in [0.4, 0.5) is 11.4 Å². The maximum Gasteiger partial charge on any atom is 0.255 e. The van der Waals surface area contributed by atoms with Crippen molar-refractivity contribution in [1.29, 1.82) is 0 Å². The zero-order valence-corrected chi connectivity index (χ0v) is 20.9. The molecule has 6 nitrogen and oxygen atoms in total. The minimum absolute atomic E-state index is 0.188. The second-order valence-corrected chi connectivity index (χ2v) is 9.82. The number of hydrogen-bond acceptors (Lipinski definition) is 4. The molecule has 0 saturated carbocycles. The van der Waals surface area contributed by atoms with Gasteiger partial charge in [-0.2, -0.15) is 0 Å². The topological polar surface area (TPSA) is 75.7 Å². The number of nitrogens with one attached hydrogen (secondary N) is 1. The molecule has 1 heterocycles. The van der Waals surface area contributed by atoms with Crippen LogP contribution in [0.25, 0.3) is 10.8 Å². The van der Waals surface area contributed by atoms with E-state index in [4.69, 9.17) is 4.74 Å². The van der Waals surface area contributed by atoms with Gasteiger partial charge in [0.15, 0.2) is 0 Å². The van der Waals surface area contributed by atoms with E-state index in [0.717, 1.165) is 22.1 Å². The average molecular weight is 503 g/mol. The Kier molecular flexibility index (Phi) is 6.00. The fraction of sp³-hybridized carbons (Fsp3) is 0.156. The average Bonchev–Trinajstić information content (AvgIpc) is 3.18. The molecule has 2 aliphatic rings. The highest BCUT2D eigenvalue weighted by Crippen LogP contribution is 2.40. The second kappa shape index (κ2) is 9.63. The lowest BCUT2D eigenvalue weighted by Gasteiger charge is -2.18. The van der Waals surface area contributed by atoms with Gasteiger partial charge in [-0.15, -0.1) is 0 Å². The third kappa shape index (κ3) is 4.34. The number of imide groups is 1. The van der Waals surface area contributed by atoms with Gasteiger partial charge in [-0.05, 0) is 73.7 Å². The van der Waals surface area contributed by atoms with Crippen molar-refractivity contribution in [2.45, 2.75) is 19.8 Å². The van der Waals surface area contributed by atoms with E-state index in [1.54, 1.807) is 48.5 Å². The Bertz CT molecular complexity index is 1600.